The van der Waals surface area contributed by atoms with Crippen molar-refractivity contribution in [2.45, 2.75) is 89.0 Å². The predicted molar refractivity (Wildman–Crippen MR) is 238 cm³/mol. The maximum atomic E-state index is 13.7. The van der Waals surface area contributed by atoms with E-state index < -0.39 is 31.8 Å². The van der Waals surface area contributed by atoms with Crippen LogP contribution in [-0.4, -0.2) is 79.4 Å². The molecule has 6 aromatic rings. The van der Waals surface area contributed by atoms with Gasteiger partial charge < -0.3 is 18.6 Å². The average molecular weight is 889 g/mol. The fraction of sp³-hybridized carbons (Fsp3) is 0.381. The van der Waals surface area contributed by atoms with E-state index in [2.05, 4.69) is 71.4 Å². The van der Waals surface area contributed by atoms with Crippen molar-refractivity contribution in [3.63, 3.8) is 0 Å². The van der Waals surface area contributed by atoms with Gasteiger partial charge in [0.05, 0.1) is 33.3 Å². The number of sulfone groups is 1. The Hall–Kier alpha value is -4.83. The summed E-state index contributed by atoms with van der Waals surface area (Å²) in [5, 5.41) is 20.8. The molecule has 4 heterocycles. The molecule has 2 aromatic carbocycles. The highest BCUT2D eigenvalue weighted by molar-refractivity contribution is 7.98. The number of hydrogen-bond acceptors (Lipinski definition) is 11. The highest BCUT2D eigenvalue weighted by atomic mass is 32.2. The van der Waals surface area contributed by atoms with E-state index in [1.807, 2.05) is 17.7 Å². The zero-order chi connectivity index (χ0) is 44.2. The molecule has 0 N–H and O–H groups in total. The summed E-state index contributed by atoms with van der Waals surface area (Å²) in [6, 6.07) is 15.2. The third-order valence-corrected chi connectivity index (χ3v) is 14.3. The molecule has 0 aliphatic rings. The first-order chi connectivity index (χ1) is 28.1. The summed E-state index contributed by atoms with van der Waals surface area (Å²) in [4.78, 5) is 17.8. The first kappa shape index (κ1) is 46.2. The Kier molecular flexibility index (Phi) is 14.5. The number of benzene rings is 2. The van der Waals surface area contributed by atoms with Gasteiger partial charge in [-0.15, -0.1) is 0 Å². The first-order valence-electron chi connectivity index (χ1n) is 19.2. The van der Waals surface area contributed by atoms with Gasteiger partial charge in [0, 0.05) is 59.1 Å². The molecule has 0 fully saturated rings. The van der Waals surface area contributed by atoms with E-state index >= 15 is 0 Å². The molecule has 0 unspecified atom stereocenters. The van der Waals surface area contributed by atoms with E-state index in [1.54, 1.807) is 30.0 Å². The van der Waals surface area contributed by atoms with Crippen LogP contribution in [0.25, 0.3) is 44.6 Å². The lowest BCUT2D eigenvalue weighted by atomic mass is 10.0. The Morgan fingerprint density at radius 2 is 1.15 bits per heavy atom. The number of rotatable bonds is 14. The van der Waals surface area contributed by atoms with E-state index in [9.17, 15) is 27.7 Å². The number of ether oxygens (including phenoxy) is 2. The van der Waals surface area contributed by atoms with Crippen LogP contribution in [0.3, 0.4) is 0 Å². The SMILES string of the molecule is CSc1nc(-c2ccc(F)cc2C)c2c(C#N)cn(COCC[Si](C)(C)C)c2n1.Cc1cc(F)ccc1-c1nc(S(C)(=O)=O)nc2c1c(C#N)cn2COCC[Si](C)(C)C. The van der Waals surface area contributed by atoms with E-state index in [0.29, 0.717) is 75.1 Å². The summed E-state index contributed by atoms with van der Waals surface area (Å²) in [6.07, 6.45) is 6.28. The van der Waals surface area contributed by atoms with Crippen molar-refractivity contribution in [1.29, 1.82) is 10.5 Å². The molecule has 0 saturated carbocycles. The van der Waals surface area contributed by atoms with Gasteiger partial charge in [0.15, 0.2) is 5.16 Å². The van der Waals surface area contributed by atoms with Crippen molar-refractivity contribution < 1.29 is 26.7 Å². The van der Waals surface area contributed by atoms with Crippen LogP contribution in [0.1, 0.15) is 22.3 Å². The van der Waals surface area contributed by atoms with Gasteiger partial charge in [-0.2, -0.15) is 15.5 Å². The lowest BCUT2D eigenvalue weighted by molar-refractivity contribution is 0.0897. The van der Waals surface area contributed by atoms with Crippen molar-refractivity contribution in [2.24, 2.45) is 0 Å². The summed E-state index contributed by atoms with van der Waals surface area (Å²) in [5.74, 6) is -0.709. The van der Waals surface area contributed by atoms with E-state index in [4.69, 9.17) is 9.47 Å². The molecular formula is C42H50F2N8O4S2Si2. The smallest absolute Gasteiger partial charge is 0.249 e. The van der Waals surface area contributed by atoms with Gasteiger partial charge in [0.2, 0.25) is 15.0 Å². The fourth-order valence-corrected chi connectivity index (χ4v) is 8.60. The van der Waals surface area contributed by atoms with Crippen molar-refractivity contribution in [3.8, 4) is 34.7 Å². The van der Waals surface area contributed by atoms with Crippen LogP contribution in [0.2, 0.25) is 51.4 Å². The Labute approximate surface area is 356 Å². The zero-order valence-electron chi connectivity index (χ0n) is 35.6. The van der Waals surface area contributed by atoms with Crippen LogP contribution < -0.4 is 0 Å². The quantitative estimate of drug-likeness (QED) is 0.0443. The van der Waals surface area contributed by atoms with E-state index in [0.717, 1.165) is 29.5 Å². The largest absolute Gasteiger partial charge is 0.361 e. The first-order valence-corrected chi connectivity index (χ1v) is 29.7. The Morgan fingerprint density at radius 1 is 0.717 bits per heavy atom. The minimum atomic E-state index is -3.73. The molecular weight excluding hydrogens is 839 g/mol. The van der Waals surface area contributed by atoms with Crippen molar-refractivity contribution >= 4 is 59.8 Å². The number of nitrogens with zero attached hydrogens (tertiary/aromatic N) is 8. The Balaban J connectivity index is 0.000000228. The van der Waals surface area contributed by atoms with Crippen LogP contribution >= 0.6 is 11.8 Å². The Morgan fingerprint density at radius 3 is 1.53 bits per heavy atom. The standard InChI is InChI=1S/C21H25FN4O3SSi.C21H25FN4OSSi/c1-14-10-16(22)6-7-17(14)19-18-15(11-23)12-26(13-29-8-9-31(3,4)5)20(18)25-21(24-19)30(2,27)28;1-14-10-16(22)6-7-17(14)19-18-15(11-23)12-26(13-27-8-9-29(3,4)5)20(18)25-21(24-19)28-2/h6-7,10,12H,8-9,13H2,1-5H3;6-7,10,12H,8-9,13H2,1-5H3. The van der Waals surface area contributed by atoms with Gasteiger partial charge in [-0.05, 0) is 79.7 Å². The molecule has 316 valence electrons. The molecule has 12 nitrogen and oxygen atoms in total. The second-order valence-electron chi connectivity index (χ2n) is 16.9. The number of aromatic nitrogens is 6. The maximum absolute atomic E-state index is 13.7. The summed E-state index contributed by atoms with van der Waals surface area (Å²) in [5.41, 5.74) is 5.32. The lowest BCUT2D eigenvalue weighted by Crippen LogP contribution is -2.22. The molecule has 0 bridgehead atoms. The minimum absolute atomic E-state index is 0.130. The van der Waals surface area contributed by atoms with Gasteiger partial charge in [-0.25, -0.2) is 32.2 Å². The molecule has 0 radical (unpaired) electrons. The molecule has 6 rings (SSSR count). The minimum Gasteiger partial charge on any atom is -0.361 e. The number of thioether (sulfide) groups is 1. The normalized spacial score (nSPS) is 12.0. The third-order valence-electron chi connectivity index (χ3n) is 9.49. The molecule has 0 amide bonds. The molecule has 0 aliphatic heterocycles. The Bertz CT molecular complexity index is 2750. The van der Waals surface area contributed by atoms with Crippen LogP contribution in [0.15, 0.2) is 59.1 Å². The number of nitriles is 2. The lowest BCUT2D eigenvalue weighted by Gasteiger charge is -2.15. The van der Waals surface area contributed by atoms with E-state index in [1.165, 1.54) is 42.1 Å². The number of aryl methyl sites for hydroxylation is 2. The van der Waals surface area contributed by atoms with Gasteiger partial charge in [0.25, 0.3) is 0 Å². The highest BCUT2D eigenvalue weighted by Crippen LogP contribution is 2.35. The van der Waals surface area contributed by atoms with Crippen LogP contribution in [0.5, 0.6) is 0 Å². The van der Waals surface area contributed by atoms with Crippen molar-refractivity contribution in [2.75, 3.05) is 25.7 Å². The molecule has 0 spiro atoms. The second kappa shape index (κ2) is 18.8. The average Bonchev–Trinajstić information content (AvgIpc) is 3.71. The molecule has 0 atom stereocenters. The van der Waals surface area contributed by atoms with E-state index in [-0.39, 0.29) is 23.4 Å². The molecule has 0 aliphatic carbocycles. The third kappa shape index (κ3) is 11.3. The van der Waals surface area contributed by atoms with Gasteiger partial charge in [0.1, 0.15) is 48.5 Å². The predicted octanol–water partition coefficient (Wildman–Crippen LogP) is 9.58. The van der Waals surface area contributed by atoms with Gasteiger partial charge in [-0.1, -0.05) is 51.0 Å². The fourth-order valence-electron chi connectivity index (χ4n) is 6.21. The van der Waals surface area contributed by atoms with Crippen LogP contribution in [0.4, 0.5) is 8.78 Å². The summed E-state index contributed by atoms with van der Waals surface area (Å²) < 4.78 is 67.0. The highest BCUT2D eigenvalue weighted by Gasteiger charge is 2.24. The molecule has 0 saturated heterocycles. The number of halogens is 2. The molecule has 18 heteroatoms. The molecule has 4 aromatic heterocycles. The second-order valence-corrected chi connectivity index (χ2v) is 30.9. The summed E-state index contributed by atoms with van der Waals surface area (Å²) >= 11 is 1.43. The van der Waals surface area contributed by atoms with Gasteiger partial charge in [-0.3, -0.25) is 0 Å². The number of fused-ring (bicyclic) bond motifs is 2. The summed E-state index contributed by atoms with van der Waals surface area (Å²) in [6.45, 7) is 18.9. The maximum Gasteiger partial charge on any atom is 0.249 e. The van der Waals surface area contributed by atoms with Crippen LogP contribution in [0, 0.1) is 48.1 Å². The summed E-state index contributed by atoms with van der Waals surface area (Å²) in [7, 11) is -6.18. The van der Waals surface area contributed by atoms with Crippen molar-refractivity contribution in [1.82, 2.24) is 29.1 Å². The molecule has 60 heavy (non-hydrogen) atoms. The van der Waals surface area contributed by atoms with Crippen LogP contribution in [-0.2, 0) is 32.8 Å². The van der Waals surface area contributed by atoms with Crippen molar-refractivity contribution in [3.05, 3.63) is 82.7 Å². The topological polar surface area (TPSA) is 162 Å². The van der Waals surface area contributed by atoms with Gasteiger partial charge >= 0.3 is 0 Å². The number of hydrogen-bond donors (Lipinski definition) is 0. The monoisotopic (exact) mass is 888 g/mol. The zero-order valence-corrected chi connectivity index (χ0v) is 39.3.